The first-order chi connectivity index (χ1) is 7.70. The Balaban J connectivity index is 2.45. The Kier molecular flexibility index (Phi) is 2.72. The zero-order chi connectivity index (χ0) is 11.5. The molecule has 0 spiro atoms. The molecule has 6 nitrogen and oxygen atoms in total. The average molecular weight is 218 g/mol. The van der Waals surface area contributed by atoms with Crippen molar-refractivity contribution in [3.8, 4) is 11.4 Å². The van der Waals surface area contributed by atoms with Gasteiger partial charge in [-0.25, -0.2) is 4.68 Å². The van der Waals surface area contributed by atoms with E-state index in [0.29, 0.717) is 17.2 Å². The van der Waals surface area contributed by atoms with Gasteiger partial charge in [0.1, 0.15) is 0 Å². The van der Waals surface area contributed by atoms with Crippen LogP contribution in [-0.4, -0.2) is 20.2 Å². The fourth-order valence-corrected chi connectivity index (χ4v) is 1.58. The molecule has 1 aromatic carbocycles. The number of tetrazole rings is 1. The van der Waals surface area contributed by atoms with Gasteiger partial charge in [0.15, 0.2) is 5.82 Å². The van der Waals surface area contributed by atoms with Gasteiger partial charge < -0.3 is 11.5 Å². The first-order valence-electron chi connectivity index (χ1n) is 5.13. The Hall–Kier alpha value is -2.11. The lowest BCUT2D eigenvalue weighted by molar-refractivity contribution is 0.583. The summed E-state index contributed by atoms with van der Waals surface area (Å²) >= 11 is 0. The average Bonchev–Trinajstić information content (AvgIpc) is 2.65. The van der Waals surface area contributed by atoms with Gasteiger partial charge in [-0.1, -0.05) is 6.92 Å². The van der Waals surface area contributed by atoms with Crippen molar-refractivity contribution < 1.29 is 0 Å². The van der Waals surface area contributed by atoms with Crippen molar-refractivity contribution in [2.24, 2.45) is 0 Å². The maximum atomic E-state index is 5.73. The van der Waals surface area contributed by atoms with Gasteiger partial charge in [0.05, 0.1) is 0 Å². The first-order valence-corrected chi connectivity index (χ1v) is 5.13. The fraction of sp³-hybridized carbons (Fsp3) is 0.300. The zero-order valence-electron chi connectivity index (χ0n) is 9.09. The Labute approximate surface area is 93.2 Å². The molecule has 6 heteroatoms. The van der Waals surface area contributed by atoms with Gasteiger partial charge in [0, 0.05) is 23.5 Å². The fourth-order valence-electron chi connectivity index (χ4n) is 1.58. The van der Waals surface area contributed by atoms with E-state index in [9.17, 15) is 0 Å². The van der Waals surface area contributed by atoms with Crippen LogP contribution in [0.5, 0.6) is 0 Å². The molecule has 0 unspecified atom stereocenters. The summed E-state index contributed by atoms with van der Waals surface area (Å²) in [5, 5.41) is 11.6. The summed E-state index contributed by atoms with van der Waals surface area (Å²) in [6, 6.07) is 5.33. The largest absolute Gasteiger partial charge is 0.399 e. The molecular weight excluding hydrogens is 204 g/mol. The molecule has 2 rings (SSSR count). The highest BCUT2D eigenvalue weighted by Crippen LogP contribution is 2.22. The number of aromatic nitrogens is 4. The van der Waals surface area contributed by atoms with Crippen molar-refractivity contribution in [1.82, 2.24) is 20.2 Å². The van der Waals surface area contributed by atoms with Crippen molar-refractivity contribution in [2.45, 2.75) is 19.9 Å². The normalized spacial score (nSPS) is 10.6. The molecule has 0 saturated heterocycles. The van der Waals surface area contributed by atoms with Crippen LogP contribution in [0.4, 0.5) is 11.4 Å². The van der Waals surface area contributed by atoms with Crippen LogP contribution < -0.4 is 11.5 Å². The minimum absolute atomic E-state index is 0.612. The molecule has 4 N–H and O–H groups in total. The highest BCUT2D eigenvalue weighted by atomic mass is 15.5. The van der Waals surface area contributed by atoms with E-state index in [1.165, 1.54) is 0 Å². The second-order valence-corrected chi connectivity index (χ2v) is 3.61. The van der Waals surface area contributed by atoms with Gasteiger partial charge in [-0.05, 0) is 35.0 Å². The summed E-state index contributed by atoms with van der Waals surface area (Å²) in [4.78, 5) is 0. The molecule has 84 valence electrons. The van der Waals surface area contributed by atoms with Gasteiger partial charge >= 0.3 is 0 Å². The predicted octanol–water partition coefficient (Wildman–Crippen LogP) is 0.914. The molecular formula is C10H14N6. The molecule has 1 aromatic heterocycles. The lowest BCUT2D eigenvalue weighted by Gasteiger charge is -2.05. The zero-order valence-corrected chi connectivity index (χ0v) is 9.09. The molecule has 0 saturated carbocycles. The molecule has 0 radical (unpaired) electrons. The number of anilines is 2. The number of hydrogen-bond acceptors (Lipinski definition) is 5. The molecule has 0 aliphatic heterocycles. The molecule has 1 heterocycles. The van der Waals surface area contributed by atoms with Gasteiger partial charge in [0.25, 0.3) is 0 Å². The minimum atomic E-state index is 0.612. The van der Waals surface area contributed by atoms with Crippen molar-refractivity contribution in [3.63, 3.8) is 0 Å². The summed E-state index contributed by atoms with van der Waals surface area (Å²) in [7, 11) is 0. The summed E-state index contributed by atoms with van der Waals surface area (Å²) in [6.07, 6.45) is 0.968. The van der Waals surface area contributed by atoms with Gasteiger partial charge in [-0.15, -0.1) is 5.10 Å². The number of aryl methyl sites for hydroxylation is 1. The smallest absolute Gasteiger partial charge is 0.182 e. The lowest BCUT2D eigenvalue weighted by Crippen LogP contribution is -2.02. The van der Waals surface area contributed by atoms with Gasteiger partial charge in [-0.3, -0.25) is 0 Å². The monoisotopic (exact) mass is 218 g/mol. The van der Waals surface area contributed by atoms with Crippen LogP contribution in [0.15, 0.2) is 18.2 Å². The van der Waals surface area contributed by atoms with E-state index in [2.05, 4.69) is 22.4 Å². The second kappa shape index (κ2) is 4.18. The molecule has 2 aromatic rings. The van der Waals surface area contributed by atoms with Crippen LogP contribution in [0.1, 0.15) is 13.3 Å². The molecule has 0 aliphatic carbocycles. The Bertz CT molecular complexity index is 470. The third-order valence-corrected chi connectivity index (χ3v) is 2.20. The van der Waals surface area contributed by atoms with Crippen molar-refractivity contribution >= 4 is 11.4 Å². The van der Waals surface area contributed by atoms with Gasteiger partial charge in [-0.2, -0.15) is 0 Å². The molecule has 0 atom stereocenters. The highest BCUT2D eigenvalue weighted by Gasteiger charge is 2.09. The Morgan fingerprint density at radius 2 is 1.88 bits per heavy atom. The van der Waals surface area contributed by atoms with Crippen molar-refractivity contribution in [1.29, 1.82) is 0 Å². The quantitative estimate of drug-likeness (QED) is 0.746. The van der Waals surface area contributed by atoms with Crippen LogP contribution in [0.25, 0.3) is 11.4 Å². The lowest BCUT2D eigenvalue weighted by atomic mass is 10.1. The number of hydrogen-bond donors (Lipinski definition) is 2. The van der Waals surface area contributed by atoms with E-state index in [4.69, 9.17) is 11.5 Å². The van der Waals surface area contributed by atoms with Crippen molar-refractivity contribution in [3.05, 3.63) is 18.2 Å². The summed E-state index contributed by atoms with van der Waals surface area (Å²) < 4.78 is 1.74. The molecule has 0 aliphatic rings. The molecule has 0 bridgehead atoms. The topological polar surface area (TPSA) is 95.6 Å². The highest BCUT2D eigenvalue weighted by molar-refractivity contribution is 5.67. The van der Waals surface area contributed by atoms with Gasteiger partial charge in [0.2, 0.25) is 0 Å². The minimum Gasteiger partial charge on any atom is -0.399 e. The maximum absolute atomic E-state index is 5.73. The van der Waals surface area contributed by atoms with E-state index >= 15 is 0 Å². The number of rotatable bonds is 3. The number of nitrogens with two attached hydrogens (primary N) is 2. The van der Waals surface area contributed by atoms with E-state index in [-0.39, 0.29) is 0 Å². The van der Waals surface area contributed by atoms with E-state index < -0.39 is 0 Å². The first kappa shape index (κ1) is 10.4. The van der Waals surface area contributed by atoms with Crippen LogP contribution in [0.3, 0.4) is 0 Å². The maximum Gasteiger partial charge on any atom is 0.182 e. The molecule has 0 amide bonds. The number of nitrogens with zero attached hydrogens (tertiary/aromatic N) is 4. The summed E-state index contributed by atoms with van der Waals surface area (Å²) in [6.45, 7) is 2.84. The summed E-state index contributed by atoms with van der Waals surface area (Å²) in [5.74, 6) is 0.695. The van der Waals surface area contributed by atoms with E-state index in [0.717, 1.165) is 18.5 Å². The number of nitrogen functional groups attached to an aromatic ring is 2. The Morgan fingerprint density at radius 3 is 2.50 bits per heavy atom. The molecule has 0 fully saturated rings. The predicted molar refractivity (Wildman–Crippen MR) is 62.4 cm³/mol. The Morgan fingerprint density at radius 1 is 1.19 bits per heavy atom. The second-order valence-electron chi connectivity index (χ2n) is 3.61. The van der Waals surface area contributed by atoms with E-state index in [1.807, 2.05) is 12.1 Å². The van der Waals surface area contributed by atoms with Crippen LogP contribution in [0, 0.1) is 0 Å². The van der Waals surface area contributed by atoms with Crippen LogP contribution in [0.2, 0.25) is 0 Å². The standard InChI is InChI=1S/C10H14N6/c1-2-3-16-10(13-14-15-16)7-4-8(11)6-9(12)5-7/h4-6H,2-3,11-12H2,1H3. The van der Waals surface area contributed by atoms with Crippen molar-refractivity contribution in [2.75, 3.05) is 11.5 Å². The summed E-state index contributed by atoms with van der Waals surface area (Å²) in [5.41, 5.74) is 13.5. The van der Waals surface area contributed by atoms with Crippen LogP contribution >= 0.6 is 0 Å². The third-order valence-electron chi connectivity index (χ3n) is 2.20. The van der Waals surface area contributed by atoms with E-state index in [1.54, 1.807) is 10.7 Å². The molecule has 16 heavy (non-hydrogen) atoms. The van der Waals surface area contributed by atoms with Crippen LogP contribution in [-0.2, 0) is 6.54 Å². The SMILES string of the molecule is CCCn1nnnc1-c1cc(N)cc(N)c1. The third kappa shape index (κ3) is 1.95. The number of benzene rings is 1.